The number of hydrogen-bond acceptors (Lipinski definition) is 4. The van der Waals surface area contributed by atoms with E-state index in [-0.39, 0.29) is 18.3 Å². The van der Waals surface area contributed by atoms with Gasteiger partial charge in [-0.1, -0.05) is 36.4 Å². The predicted molar refractivity (Wildman–Crippen MR) is 89.4 cm³/mol. The summed E-state index contributed by atoms with van der Waals surface area (Å²) in [6.45, 7) is 0. The summed E-state index contributed by atoms with van der Waals surface area (Å²) in [6.07, 6.45) is 2.99. The molecule has 0 spiro atoms. The molecule has 0 aliphatic heterocycles. The molecule has 0 saturated carbocycles. The van der Waals surface area contributed by atoms with Crippen molar-refractivity contribution in [1.82, 2.24) is 15.5 Å². The first-order chi connectivity index (χ1) is 11.7. The Kier molecular flexibility index (Phi) is 4.56. The monoisotopic (exact) mass is 323 g/mol. The molecule has 2 aromatic carbocycles. The van der Waals surface area contributed by atoms with E-state index in [1.54, 1.807) is 0 Å². The minimum atomic E-state index is -0.482. The molecule has 0 saturated heterocycles. The number of amides is 1. The predicted octanol–water partition coefficient (Wildman–Crippen LogP) is 2.60. The quantitative estimate of drug-likeness (QED) is 0.707. The zero-order chi connectivity index (χ0) is 16.9. The third kappa shape index (κ3) is 3.43. The lowest BCUT2D eigenvalue weighted by Gasteiger charge is -2.18. The third-order valence-electron chi connectivity index (χ3n) is 3.84. The summed E-state index contributed by atoms with van der Waals surface area (Å²) in [5, 5.41) is 11.4. The standard InChI is InChI=1S/C18H17N3O3/c1-24-17(22)9-16(21-18(23)15-10-19-20-11-15)14-7-6-12-4-2-3-5-13(12)8-14/h2-8,10-11,16H,9H2,1H3,(H,19,20)(H,21,23)/t16-/m0/s1. The van der Waals surface area contributed by atoms with Crippen LogP contribution in [-0.2, 0) is 9.53 Å². The van der Waals surface area contributed by atoms with Crippen molar-refractivity contribution in [1.29, 1.82) is 0 Å². The minimum absolute atomic E-state index is 0.0540. The molecule has 1 heterocycles. The van der Waals surface area contributed by atoms with E-state index in [9.17, 15) is 9.59 Å². The summed E-state index contributed by atoms with van der Waals surface area (Å²) < 4.78 is 4.75. The zero-order valence-corrected chi connectivity index (χ0v) is 13.2. The SMILES string of the molecule is COC(=O)C[C@H](NC(=O)c1cn[nH]c1)c1ccc2ccccc2c1. The summed E-state index contributed by atoms with van der Waals surface area (Å²) >= 11 is 0. The van der Waals surface area contributed by atoms with E-state index in [4.69, 9.17) is 4.74 Å². The molecule has 3 rings (SSSR count). The van der Waals surface area contributed by atoms with Crippen LogP contribution >= 0.6 is 0 Å². The van der Waals surface area contributed by atoms with Gasteiger partial charge in [0.05, 0.1) is 31.3 Å². The molecule has 0 aliphatic carbocycles. The minimum Gasteiger partial charge on any atom is -0.469 e. The van der Waals surface area contributed by atoms with Gasteiger partial charge in [-0.25, -0.2) is 0 Å². The summed E-state index contributed by atoms with van der Waals surface area (Å²) in [5.74, 6) is -0.688. The Hall–Kier alpha value is -3.15. The van der Waals surface area contributed by atoms with E-state index in [0.29, 0.717) is 5.56 Å². The Morgan fingerprint density at radius 1 is 1.21 bits per heavy atom. The summed E-state index contributed by atoms with van der Waals surface area (Å²) in [6, 6.07) is 13.3. The molecule has 0 bridgehead atoms. The fourth-order valence-electron chi connectivity index (χ4n) is 2.54. The lowest BCUT2D eigenvalue weighted by molar-refractivity contribution is -0.141. The number of methoxy groups -OCH3 is 1. The van der Waals surface area contributed by atoms with Crippen LogP contribution < -0.4 is 5.32 Å². The van der Waals surface area contributed by atoms with Gasteiger partial charge in [0.1, 0.15) is 0 Å². The van der Waals surface area contributed by atoms with Gasteiger partial charge in [-0.2, -0.15) is 5.10 Å². The van der Waals surface area contributed by atoms with Crippen LogP contribution in [0.2, 0.25) is 0 Å². The van der Waals surface area contributed by atoms with Gasteiger partial charge in [-0.3, -0.25) is 14.7 Å². The number of esters is 1. The fraction of sp³-hybridized carbons (Fsp3) is 0.167. The fourth-order valence-corrected chi connectivity index (χ4v) is 2.54. The largest absolute Gasteiger partial charge is 0.469 e. The van der Waals surface area contributed by atoms with Gasteiger partial charge < -0.3 is 10.1 Å². The Morgan fingerprint density at radius 3 is 2.71 bits per heavy atom. The van der Waals surface area contributed by atoms with Crippen molar-refractivity contribution in [3.63, 3.8) is 0 Å². The Morgan fingerprint density at radius 2 is 2.00 bits per heavy atom. The third-order valence-corrected chi connectivity index (χ3v) is 3.84. The molecule has 3 aromatic rings. The number of nitrogens with zero attached hydrogens (tertiary/aromatic N) is 1. The molecular weight excluding hydrogens is 306 g/mol. The highest BCUT2D eigenvalue weighted by molar-refractivity contribution is 5.94. The number of ether oxygens (including phenoxy) is 1. The van der Waals surface area contributed by atoms with Gasteiger partial charge in [0.25, 0.3) is 5.91 Å². The van der Waals surface area contributed by atoms with Crippen molar-refractivity contribution < 1.29 is 14.3 Å². The van der Waals surface area contributed by atoms with Crippen LogP contribution in [0, 0.1) is 0 Å². The molecule has 122 valence electrons. The van der Waals surface area contributed by atoms with Crippen molar-refractivity contribution in [3.05, 3.63) is 66.0 Å². The van der Waals surface area contributed by atoms with Crippen LogP contribution in [0.4, 0.5) is 0 Å². The molecule has 2 N–H and O–H groups in total. The molecule has 0 radical (unpaired) electrons. The zero-order valence-electron chi connectivity index (χ0n) is 13.2. The number of rotatable bonds is 5. The number of fused-ring (bicyclic) bond motifs is 1. The van der Waals surface area contributed by atoms with Crippen LogP contribution in [0.1, 0.15) is 28.4 Å². The number of carbonyl (C=O) groups is 2. The van der Waals surface area contributed by atoms with Crippen LogP contribution in [-0.4, -0.2) is 29.2 Å². The lowest BCUT2D eigenvalue weighted by Crippen LogP contribution is -2.30. The number of nitrogens with one attached hydrogen (secondary N) is 2. The lowest BCUT2D eigenvalue weighted by atomic mass is 9.99. The van der Waals surface area contributed by atoms with E-state index in [0.717, 1.165) is 16.3 Å². The Labute approximate surface area is 138 Å². The molecule has 0 unspecified atom stereocenters. The van der Waals surface area contributed by atoms with Crippen LogP contribution in [0.15, 0.2) is 54.9 Å². The normalized spacial score (nSPS) is 11.9. The Bertz CT molecular complexity index is 859. The van der Waals surface area contributed by atoms with Gasteiger partial charge in [0.2, 0.25) is 0 Å². The van der Waals surface area contributed by atoms with Gasteiger partial charge in [-0.15, -0.1) is 0 Å². The van der Waals surface area contributed by atoms with Crippen molar-refractivity contribution in [2.24, 2.45) is 0 Å². The van der Waals surface area contributed by atoms with Crippen LogP contribution in [0.25, 0.3) is 10.8 Å². The van der Waals surface area contributed by atoms with Gasteiger partial charge in [0.15, 0.2) is 0 Å². The van der Waals surface area contributed by atoms with Crippen LogP contribution in [0.5, 0.6) is 0 Å². The summed E-state index contributed by atoms with van der Waals surface area (Å²) in [5.41, 5.74) is 1.25. The Balaban J connectivity index is 1.90. The number of carbonyl (C=O) groups excluding carboxylic acids is 2. The average Bonchev–Trinajstić information content (AvgIpc) is 3.15. The van der Waals surface area contributed by atoms with E-state index in [1.807, 2.05) is 42.5 Å². The van der Waals surface area contributed by atoms with Crippen molar-refractivity contribution in [2.45, 2.75) is 12.5 Å². The second-order valence-electron chi connectivity index (χ2n) is 5.40. The number of benzene rings is 2. The van der Waals surface area contributed by atoms with E-state index >= 15 is 0 Å². The first kappa shape index (κ1) is 15.7. The molecule has 0 aliphatic rings. The molecule has 1 amide bonds. The topological polar surface area (TPSA) is 84.1 Å². The molecule has 24 heavy (non-hydrogen) atoms. The maximum atomic E-state index is 12.3. The van der Waals surface area contributed by atoms with Crippen molar-refractivity contribution in [2.75, 3.05) is 7.11 Å². The smallest absolute Gasteiger partial charge is 0.307 e. The van der Waals surface area contributed by atoms with Gasteiger partial charge in [-0.05, 0) is 22.4 Å². The number of aromatic nitrogens is 2. The molecule has 1 aromatic heterocycles. The first-order valence-electron chi connectivity index (χ1n) is 7.52. The average molecular weight is 323 g/mol. The number of hydrogen-bond donors (Lipinski definition) is 2. The molecular formula is C18H17N3O3. The maximum absolute atomic E-state index is 12.3. The molecule has 0 fully saturated rings. The van der Waals surface area contributed by atoms with Crippen LogP contribution in [0.3, 0.4) is 0 Å². The van der Waals surface area contributed by atoms with E-state index in [1.165, 1.54) is 19.5 Å². The van der Waals surface area contributed by atoms with Gasteiger partial charge >= 0.3 is 5.97 Å². The highest BCUT2D eigenvalue weighted by Crippen LogP contribution is 2.23. The second-order valence-corrected chi connectivity index (χ2v) is 5.40. The van der Waals surface area contributed by atoms with Gasteiger partial charge in [0, 0.05) is 6.20 Å². The summed E-state index contributed by atoms with van der Waals surface area (Å²) in [4.78, 5) is 24.0. The summed E-state index contributed by atoms with van der Waals surface area (Å²) in [7, 11) is 1.33. The molecule has 1 atom stereocenters. The number of aromatic amines is 1. The maximum Gasteiger partial charge on any atom is 0.307 e. The second kappa shape index (κ2) is 6.95. The highest BCUT2D eigenvalue weighted by Gasteiger charge is 2.20. The molecule has 6 nitrogen and oxygen atoms in total. The van der Waals surface area contributed by atoms with E-state index < -0.39 is 6.04 Å². The first-order valence-corrected chi connectivity index (χ1v) is 7.52. The number of H-pyrrole nitrogens is 1. The van der Waals surface area contributed by atoms with E-state index in [2.05, 4.69) is 15.5 Å². The molecule has 6 heteroatoms. The highest BCUT2D eigenvalue weighted by atomic mass is 16.5. The van der Waals surface area contributed by atoms with Crippen molar-refractivity contribution >= 4 is 22.6 Å². The van der Waals surface area contributed by atoms with Crippen molar-refractivity contribution in [3.8, 4) is 0 Å².